The van der Waals surface area contributed by atoms with Crippen molar-refractivity contribution in [2.75, 3.05) is 16.5 Å². The molecule has 47 heavy (non-hydrogen) atoms. The molecule has 0 fully saturated rings. The number of nitrogens with zero attached hydrogens (tertiary/aromatic N) is 4. The van der Waals surface area contributed by atoms with Crippen molar-refractivity contribution >= 4 is 38.9 Å². The van der Waals surface area contributed by atoms with E-state index in [2.05, 4.69) is 174 Å². The molecule has 0 bridgehead atoms. The highest BCUT2D eigenvalue weighted by molar-refractivity contribution is 6.09. The Labute approximate surface area is 279 Å². The Balaban J connectivity index is 1.35. The van der Waals surface area contributed by atoms with Crippen LogP contribution in [0.3, 0.4) is 0 Å². The molecule has 6 aromatic rings. The maximum Gasteiger partial charge on any atom is 0.137 e. The molecular weight excluding hydrogens is 576 g/mol. The summed E-state index contributed by atoms with van der Waals surface area (Å²) in [5.74, 6) is 2.58. The van der Waals surface area contributed by atoms with Gasteiger partial charge in [-0.15, -0.1) is 0 Å². The number of para-hydroxylation sites is 3. The predicted molar refractivity (Wildman–Crippen MR) is 198 cm³/mol. The third-order valence-corrected chi connectivity index (χ3v) is 9.35. The second-order valence-corrected chi connectivity index (χ2v) is 15.9. The fraction of sp³-hybridized carbons (Fsp3) is 0.310. The number of ether oxygens (including phenoxy) is 1. The first kappa shape index (κ1) is 30.9. The maximum atomic E-state index is 6.92. The van der Waals surface area contributed by atoms with E-state index in [9.17, 15) is 0 Å². The van der Waals surface area contributed by atoms with Crippen molar-refractivity contribution < 1.29 is 4.74 Å². The largest absolute Gasteiger partial charge is 0.457 e. The molecule has 1 aliphatic rings. The first-order valence-corrected chi connectivity index (χ1v) is 16.7. The standard InChI is InChI=1S/C42H46N4O/c1-40(2,3)28-22-23-43-39(24-28)46-34-15-11-10-14-31(34)32-20-19-30(26-37(32)46)47-38-25-29(18-21-33(38)41(4,5)6)44-27-45(42(7,8)9)36-17-13-12-16-35(36)44/h10-26H,27H2,1-9H3. The molecule has 0 N–H and O–H groups in total. The van der Waals surface area contributed by atoms with Gasteiger partial charge in [-0.3, -0.25) is 4.57 Å². The van der Waals surface area contributed by atoms with Crippen molar-refractivity contribution in [2.24, 2.45) is 0 Å². The van der Waals surface area contributed by atoms with Gasteiger partial charge >= 0.3 is 0 Å². The average molecular weight is 623 g/mol. The lowest BCUT2D eigenvalue weighted by atomic mass is 9.86. The zero-order valence-corrected chi connectivity index (χ0v) is 29.2. The Hall–Kier alpha value is -4.77. The molecule has 5 nitrogen and oxygen atoms in total. The molecule has 3 heterocycles. The highest BCUT2D eigenvalue weighted by atomic mass is 16.5. The molecule has 0 unspecified atom stereocenters. The van der Waals surface area contributed by atoms with Crippen LogP contribution < -0.4 is 14.5 Å². The number of rotatable bonds is 4. The first-order valence-electron chi connectivity index (χ1n) is 16.7. The predicted octanol–water partition coefficient (Wildman–Crippen LogP) is 11.3. The summed E-state index contributed by atoms with van der Waals surface area (Å²) in [6.07, 6.45) is 1.93. The molecule has 5 heteroatoms. The Morgan fingerprint density at radius 3 is 2.06 bits per heavy atom. The van der Waals surface area contributed by atoms with Crippen molar-refractivity contribution in [3.8, 4) is 17.3 Å². The molecule has 7 rings (SSSR count). The Bertz CT molecular complexity index is 2120. The number of hydrogen-bond acceptors (Lipinski definition) is 4. The molecule has 0 saturated heterocycles. The monoisotopic (exact) mass is 622 g/mol. The normalized spacial score (nSPS) is 13.9. The summed E-state index contributed by atoms with van der Waals surface area (Å²) in [4.78, 5) is 9.73. The van der Waals surface area contributed by atoms with Crippen molar-refractivity contribution in [2.45, 2.75) is 78.7 Å². The highest BCUT2D eigenvalue weighted by Gasteiger charge is 2.34. The number of fused-ring (bicyclic) bond motifs is 4. The highest BCUT2D eigenvalue weighted by Crippen LogP contribution is 2.46. The smallest absolute Gasteiger partial charge is 0.137 e. The summed E-state index contributed by atoms with van der Waals surface area (Å²) < 4.78 is 9.19. The van der Waals surface area contributed by atoms with Gasteiger partial charge in [0, 0.05) is 45.9 Å². The zero-order chi connectivity index (χ0) is 33.3. The van der Waals surface area contributed by atoms with Gasteiger partial charge in [0.1, 0.15) is 17.3 Å². The van der Waals surface area contributed by atoms with Gasteiger partial charge in [-0.25, -0.2) is 4.98 Å². The van der Waals surface area contributed by atoms with Crippen molar-refractivity contribution in [3.05, 3.63) is 114 Å². The van der Waals surface area contributed by atoms with Crippen LogP contribution in [0.15, 0.2) is 103 Å². The van der Waals surface area contributed by atoms with E-state index in [-0.39, 0.29) is 16.4 Å². The molecule has 0 amide bonds. The van der Waals surface area contributed by atoms with E-state index >= 15 is 0 Å². The second kappa shape index (κ2) is 10.9. The summed E-state index contributed by atoms with van der Waals surface area (Å²) in [6.45, 7) is 21.1. The third-order valence-electron chi connectivity index (χ3n) is 9.35. The van der Waals surface area contributed by atoms with E-state index in [4.69, 9.17) is 9.72 Å². The number of aromatic nitrogens is 2. The van der Waals surface area contributed by atoms with Gasteiger partial charge in [-0.1, -0.05) is 77.9 Å². The van der Waals surface area contributed by atoms with Gasteiger partial charge in [0.05, 0.1) is 29.1 Å². The zero-order valence-electron chi connectivity index (χ0n) is 29.2. The lowest BCUT2D eigenvalue weighted by molar-refractivity contribution is 0.456. The van der Waals surface area contributed by atoms with Gasteiger partial charge in [0.25, 0.3) is 0 Å². The Morgan fingerprint density at radius 1 is 0.638 bits per heavy atom. The molecule has 0 spiro atoms. The molecule has 0 atom stereocenters. The SMILES string of the molecule is CC(C)(C)c1ccnc(-n2c3ccccc3c3ccc(Oc4cc(N5CN(C(C)(C)C)c6ccccc65)ccc4C(C)(C)C)cc32)c1. The minimum Gasteiger partial charge on any atom is -0.457 e. The number of pyridine rings is 1. The first-order chi connectivity index (χ1) is 22.2. The molecule has 240 valence electrons. The second-order valence-electron chi connectivity index (χ2n) is 15.9. The van der Waals surface area contributed by atoms with Crippen LogP contribution in [0.25, 0.3) is 27.6 Å². The molecular formula is C42H46N4O. The Morgan fingerprint density at radius 2 is 1.34 bits per heavy atom. The summed E-state index contributed by atoms with van der Waals surface area (Å²) in [5.41, 5.74) is 8.11. The lowest BCUT2D eigenvalue weighted by Gasteiger charge is -2.34. The van der Waals surface area contributed by atoms with Crippen LogP contribution in [0.1, 0.15) is 73.4 Å². The third kappa shape index (κ3) is 5.52. The number of anilines is 3. The van der Waals surface area contributed by atoms with Crippen molar-refractivity contribution in [1.29, 1.82) is 0 Å². The van der Waals surface area contributed by atoms with Crippen molar-refractivity contribution in [1.82, 2.24) is 9.55 Å². The van der Waals surface area contributed by atoms with Crippen LogP contribution in [0.5, 0.6) is 11.5 Å². The van der Waals surface area contributed by atoms with E-state index < -0.39 is 0 Å². The summed E-state index contributed by atoms with van der Waals surface area (Å²) in [7, 11) is 0. The minimum atomic E-state index is -0.107. The van der Waals surface area contributed by atoms with Crippen LogP contribution >= 0.6 is 0 Å². The van der Waals surface area contributed by atoms with E-state index in [1.54, 1.807) is 0 Å². The summed E-state index contributed by atoms with van der Waals surface area (Å²) in [6, 6.07) is 34.8. The van der Waals surface area contributed by atoms with Gasteiger partial charge in [-0.05, 0) is 85.7 Å². The molecule has 0 radical (unpaired) electrons. The van der Waals surface area contributed by atoms with Crippen LogP contribution in [-0.4, -0.2) is 21.8 Å². The molecule has 1 aliphatic heterocycles. The maximum absolute atomic E-state index is 6.92. The summed E-state index contributed by atoms with van der Waals surface area (Å²) >= 11 is 0. The van der Waals surface area contributed by atoms with E-state index in [1.165, 1.54) is 33.3 Å². The topological polar surface area (TPSA) is 33.5 Å². The van der Waals surface area contributed by atoms with E-state index in [0.717, 1.165) is 40.7 Å². The molecule has 2 aromatic heterocycles. The fourth-order valence-corrected chi connectivity index (χ4v) is 6.79. The molecule has 0 saturated carbocycles. The van der Waals surface area contributed by atoms with Crippen LogP contribution in [0, 0.1) is 0 Å². The summed E-state index contributed by atoms with van der Waals surface area (Å²) in [5, 5.41) is 2.38. The lowest BCUT2D eigenvalue weighted by Crippen LogP contribution is -2.42. The van der Waals surface area contributed by atoms with Gasteiger partial charge < -0.3 is 14.5 Å². The number of hydrogen-bond donors (Lipinski definition) is 0. The fourth-order valence-electron chi connectivity index (χ4n) is 6.79. The average Bonchev–Trinajstić information content (AvgIpc) is 3.57. The van der Waals surface area contributed by atoms with Gasteiger partial charge in [0.2, 0.25) is 0 Å². The van der Waals surface area contributed by atoms with Crippen molar-refractivity contribution in [3.63, 3.8) is 0 Å². The quantitative estimate of drug-likeness (QED) is 0.196. The van der Waals surface area contributed by atoms with Gasteiger partial charge in [0.15, 0.2) is 0 Å². The number of benzene rings is 4. The van der Waals surface area contributed by atoms with E-state index in [0.29, 0.717) is 0 Å². The van der Waals surface area contributed by atoms with Crippen LogP contribution in [0.4, 0.5) is 17.1 Å². The van der Waals surface area contributed by atoms with Crippen LogP contribution in [0.2, 0.25) is 0 Å². The molecule has 4 aromatic carbocycles. The van der Waals surface area contributed by atoms with E-state index in [1.807, 2.05) is 6.20 Å². The minimum absolute atomic E-state index is 0.00927. The Kier molecular flexibility index (Phi) is 7.16. The van der Waals surface area contributed by atoms with Crippen LogP contribution in [-0.2, 0) is 10.8 Å². The van der Waals surface area contributed by atoms with Gasteiger partial charge in [-0.2, -0.15) is 0 Å². The molecule has 0 aliphatic carbocycles.